The summed E-state index contributed by atoms with van der Waals surface area (Å²) >= 11 is 8.87. The normalized spacial score (nSPS) is 19.6. The molecule has 0 radical (unpaired) electrons. The quantitative estimate of drug-likeness (QED) is 0.762. The highest BCUT2D eigenvalue weighted by Crippen LogP contribution is 2.21. The number of halogens is 2. The van der Waals surface area contributed by atoms with Gasteiger partial charge >= 0.3 is 0 Å². The van der Waals surface area contributed by atoms with Crippen molar-refractivity contribution in [3.63, 3.8) is 0 Å². The second kappa shape index (κ2) is 7.39. The minimum atomic E-state index is -3.45. The molecule has 0 aromatic heterocycles. The molecule has 1 aliphatic heterocycles. The number of hydrogen-bond donors (Lipinski definition) is 1. The number of sulfonamides is 1. The highest BCUT2D eigenvalue weighted by atomic mass is 79.9. The van der Waals surface area contributed by atoms with Gasteiger partial charge in [-0.1, -0.05) is 22.0 Å². The minimum Gasteiger partial charge on any atom is -0.391 e. The van der Waals surface area contributed by atoms with Crippen LogP contribution in [0.2, 0.25) is 0 Å². The van der Waals surface area contributed by atoms with Crippen LogP contribution in [0.4, 0.5) is 0 Å². The van der Waals surface area contributed by atoms with Crippen molar-refractivity contribution in [3.05, 3.63) is 28.7 Å². The van der Waals surface area contributed by atoms with Crippen LogP contribution in [-0.2, 0) is 10.0 Å². The van der Waals surface area contributed by atoms with E-state index in [-0.39, 0.29) is 5.88 Å². The molecule has 0 bridgehead atoms. The largest absolute Gasteiger partial charge is 0.391 e. The van der Waals surface area contributed by atoms with E-state index in [9.17, 15) is 13.5 Å². The van der Waals surface area contributed by atoms with Gasteiger partial charge in [0.15, 0.2) is 0 Å². The molecule has 0 saturated carbocycles. The summed E-state index contributed by atoms with van der Waals surface area (Å²) in [6.45, 7) is 2.52. The minimum absolute atomic E-state index is 0.191. The third-order valence-electron chi connectivity index (χ3n) is 3.41. The predicted molar refractivity (Wildman–Crippen MR) is 86.1 cm³/mol. The summed E-state index contributed by atoms with van der Waals surface area (Å²) in [6.07, 6.45) is -0.570. The third-order valence-corrected chi connectivity index (χ3v) is 6.16. The lowest BCUT2D eigenvalue weighted by molar-refractivity contribution is 0.105. The molecule has 0 amide bonds. The molecular formula is C13H18BrClN2O3S. The third kappa shape index (κ3) is 4.40. The fourth-order valence-corrected chi connectivity index (χ4v) is 4.39. The SMILES string of the molecule is O=S(=O)(c1cccc(Br)c1)N1CCN(C[C@H](O)CCl)CC1. The molecule has 1 saturated heterocycles. The maximum absolute atomic E-state index is 12.5. The van der Waals surface area contributed by atoms with Crippen LogP contribution < -0.4 is 0 Å². The van der Waals surface area contributed by atoms with Crippen molar-refractivity contribution in [2.24, 2.45) is 0 Å². The molecule has 1 heterocycles. The number of β-amino-alcohol motifs (C(OH)–C–C–N with tert-alkyl or cyclic N) is 1. The van der Waals surface area contributed by atoms with Crippen LogP contribution in [0.5, 0.6) is 0 Å². The van der Waals surface area contributed by atoms with Crippen molar-refractivity contribution >= 4 is 37.6 Å². The molecule has 8 heteroatoms. The van der Waals surface area contributed by atoms with Crippen LogP contribution in [0.25, 0.3) is 0 Å². The van der Waals surface area contributed by atoms with Gasteiger partial charge in [0.2, 0.25) is 10.0 Å². The van der Waals surface area contributed by atoms with Gasteiger partial charge < -0.3 is 5.11 Å². The van der Waals surface area contributed by atoms with Crippen molar-refractivity contribution in [2.45, 2.75) is 11.0 Å². The molecule has 118 valence electrons. The summed E-state index contributed by atoms with van der Waals surface area (Å²) in [5.74, 6) is 0.191. The summed E-state index contributed by atoms with van der Waals surface area (Å²) in [4.78, 5) is 2.33. The standard InChI is InChI=1S/C13H18BrClN2O3S/c14-11-2-1-3-13(8-11)21(19,20)17-6-4-16(5-7-17)10-12(18)9-15/h1-3,8,12,18H,4-7,9-10H2/t12-/m1/s1. The monoisotopic (exact) mass is 396 g/mol. The van der Waals surface area contributed by atoms with Crippen LogP contribution in [0.1, 0.15) is 0 Å². The van der Waals surface area contributed by atoms with Crippen molar-refractivity contribution in [1.82, 2.24) is 9.21 Å². The Kier molecular flexibility index (Phi) is 6.05. The van der Waals surface area contributed by atoms with E-state index in [4.69, 9.17) is 11.6 Å². The molecule has 1 aromatic rings. The Labute approximate surface area is 138 Å². The second-order valence-electron chi connectivity index (χ2n) is 4.97. The summed E-state index contributed by atoms with van der Waals surface area (Å²) in [7, 11) is -3.45. The zero-order chi connectivity index (χ0) is 15.5. The zero-order valence-corrected chi connectivity index (χ0v) is 14.6. The van der Waals surface area contributed by atoms with Crippen molar-refractivity contribution in [3.8, 4) is 0 Å². The molecule has 21 heavy (non-hydrogen) atoms. The smallest absolute Gasteiger partial charge is 0.243 e. The highest BCUT2D eigenvalue weighted by molar-refractivity contribution is 9.10. The number of rotatable bonds is 5. The van der Waals surface area contributed by atoms with Crippen LogP contribution in [0.15, 0.2) is 33.6 Å². The van der Waals surface area contributed by atoms with Gasteiger partial charge in [0.25, 0.3) is 0 Å². The Morgan fingerprint density at radius 1 is 1.29 bits per heavy atom. The summed E-state index contributed by atoms with van der Waals surface area (Å²) in [5, 5.41) is 9.53. The fraction of sp³-hybridized carbons (Fsp3) is 0.538. The van der Waals surface area contributed by atoms with Crippen LogP contribution in [0, 0.1) is 0 Å². The van der Waals surface area contributed by atoms with E-state index in [1.54, 1.807) is 24.3 Å². The average Bonchev–Trinajstić information content (AvgIpc) is 2.47. The van der Waals surface area contributed by atoms with E-state index in [1.807, 2.05) is 4.90 Å². The molecule has 1 aliphatic rings. The highest BCUT2D eigenvalue weighted by Gasteiger charge is 2.28. The maximum Gasteiger partial charge on any atom is 0.243 e. The first-order chi connectivity index (χ1) is 9.93. The Morgan fingerprint density at radius 2 is 1.95 bits per heavy atom. The first-order valence-electron chi connectivity index (χ1n) is 6.65. The van der Waals surface area contributed by atoms with Crippen molar-refractivity contribution in [2.75, 3.05) is 38.6 Å². The van der Waals surface area contributed by atoms with Gasteiger partial charge in [0.05, 0.1) is 11.0 Å². The molecule has 0 unspecified atom stereocenters. The van der Waals surface area contributed by atoms with Crippen LogP contribution in [-0.4, -0.2) is 67.4 Å². The van der Waals surface area contributed by atoms with E-state index in [1.165, 1.54) is 4.31 Å². The van der Waals surface area contributed by atoms with Gasteiger partial charge in [-0.25, -0.2) is 8.42 Å². The zero-order valence-electron chi connectivity index (χ0n) is 11.5. The van der Waals surface area contributed by atoms with Gasteiger partial charge in [-0.2, -0.15) is 4.31 Å². The molecule has 1 atom stereocenters. The number of alkyl halides is 1. The summed E-state index contributed by atoms with van der Waals surface area (Å²) in [5.41, 5.74) is 0. The molecule has 0 aliphatic carbocycles. The Balaban J connectivity index is 2.01. The van der Waals surface area contributed by atoms with E-state index in [2.05, 4.69) is 15.9 Å². The van der Waals surface area contributed by atoms with E-state index < -0.39 is 16.1 Å². The number of nitrogens with zero attached hydrogens (tertiary/aromatic N) is 2. The predicted octanol–water partition coefficient (Wildman–Crippen LogP) is 1.36. The Hall–Kier alpha value is -0.180. The van der Waals surface area contributed by atoms with Gasteiger partial charge in [0.1, 0.15) is 0 Å². The van der Waals surface area contributed by atoms with Crippen LogP contribution >= 0.6 is 27.5 Å². The van der Waals surface area contributed by atoms with Crippen molar-refractivity contribution in [1.29, 1.82) is 0 Å². The number of hydrogen-bond acceptors (Lipinski definition) is 4. The fourth-order valence-electron chi connectivity index (χ4n) is 2.28. The molecular weight excluding hydrogens is 380 g/mol. The molecule has 1 N–H and O–H groups in total. The van der Waals surface area contributed by atoms with E-state index >= 15 is 0 Å². The van der Waals surface area contributed by atoms with E-state index in [0.29, 0.717) is 37.6 Å². The molecule has 1 aromatic carbocycles. The van der Waals surface area contributed by atoms with Gasteiger partial charge in [-0.3, -0.25) is 4.90 Å². The van der Waals surface area contributed by atoms with Gasteiger partial charge in [0, 0.05) is 43.1 Å². The topological polar surface area (TPSA) is 60.9 Å². The molecule has 0 spiro atoms. The first kappa shape index (κ1) is 17.2. The Morgan fingerprint density at radius 3 is 2.52 bits per heavy atom. The number of piperazine rings is 1. The van der Waals surface area contributed by atoms with Crippen molar-refractivity contribution < 1.29 is 13.5 Å². The second-order valence-corrected chi connectivity index (χ2v) is 8.13. The number of benzene rings is 1. The lowest BCUT2D eigenvalue weighted by Gasteiger charge is -2.34. The molecule has 2 rings (SSSR count). The maximum atomic E-state index is 12.5. The lowest BCUT2D eigenvalue weighted by Crippen LogP contribution is -2.50. The molecule has 5 nitrogen and oxygen atoms in total. The number of aliphatic hydroxyl groups excluding tert-OH is 1. The van der Waals surface area contributed by atoms with Gasteiger partial charge in [-0.15, -0.1) is 11.6 Å². The summed E-state index contributed by atoms with van der Waals surface area (Å²) in [6, 6.07) is 6.72. The lowest BCUT2D eigenvalue weighted by atomic mass is 10.3. The Bertz CT molecular complexity index is 577. The van der Waals surface area contributed by atoms with E-state index in [0.717, 1.165) is 4.47 Å². The van der Waals surface area contributed by atoms with Crippen LogP contribution in [0.3, 0.4) is 0 Å². The number of aliphatic hydroxyl groups is 1. The van der Waals surface area contributed by atoms with Gasteiger partial charge in [-0.05, 0) is 18.2 Å². The molecule has 1 fully saturated rings. The summed E-state index contributed by atoms with van der Waals surface area (Å²) < 4.78 is 27.3. The first-order valence-corrected chi connectivity index (χ1v) is 9.42. The average molecular weight is 398 g/mol.